The fraction of sp³-hybridized carbons (Fsp3) is 0.167. The highest BCUT2D eigenvalue weighted by atomic mass is 16.5. The van der Waals surface area contributed by atoms with Crippen molar-refractivity contribution < 1.29 is 14.6 Å². The van der Waals surface area contributed by atoms with Gasteiger partial charge in [0, 0.05) is 5.57 Å². The summed E-state index contributed by atoms with van der Waals surface area (Å²) in [5.74, 6) is -0.455. The fourth-order valence-corrected chi connectivity index (χ4v) is 0.851. The number of allylic oxidation sites excluding steroid dienone is 2. The van der Waals surface area contributed by atoms with Crippen molar-refractivity contribution in [1.29, 1.82) is 0 Å². The molecule has 3 heteroatoms. The SMILES string of the molecule is C=C(C)C(=O)OCCO.C=CC=C.C=Cc1ccccc1. The zero-order valence-corrected chi connectivity index (χ0v) is 12.6. The lowest BCUT2D eigenvalue weighted by molar-refractivity contribution is -0.139. The molecule has 114 valence electrons. The molecule has 1 aromatic rings. The maximum Gasteiger partial charge on any atom is 0.333 e. The average Bonchev–Trinajstić information content (AvgIpc) is 2.54. The van der Waals surface area contributed by atoms with Crippen molar-refractivity contribution in [3.05, 3.63) is 79.9 Å². The number of carbonyl (C=O) groups excluding carboxylic acids is 1. The van der Waals surface area contributed by atoms with Crippen LogP contribution in [0.4, 0.5) is 0 Å². The average molecular weight is 288 g/mol. The highest BCUT2D eigenvalue weighted by molar-refractivity contribution is 5.86. The lowest BCUT2D eigenvalue weighted by Crippen LogP contribution is -2.08. The standard InChI is InChI=1S/C8H8.C6H10O3.C4H6/c1-2-8-6-4-3-5-7-8;1-5(2)6(8)9-4-3-7;1-3-4-2/h2-7H,1H2;7H,1,3-4H2,2H3;3-4H,1-2H2. The molecule has 1 N–H and O–H groups in total. The lowest BCUT2D eigenvalue weighted by Gasteiger charge is -1.99. The van der Waals surface area contributed by atoms with Crippen molar-refractivity contribution in [2.45, 2.75) is 6.92 Å². The second-order valence-corrected chi connectivity index (χ2v) is 3.73. The van der Waals surface area contributed by atoms with Gasteiger partial charge in [-0.05, 0) is 12.5 Å². The summed E-state index contributed by atoms with van der Waals surface area (Å²) in [7, 11) is 0. The maximum atomic E-state index is 10.5. The van der Waals surface area contributed by atoms with E-state index in [2.05, 4.69) is 31.1 Å². The van der Waals surface area contributed by atoms with Crippen LogP contribution in [0.5, 0.6) is 0 Å². The predicted octanol–water partition coefficient (Wildman–Crippen LogP) is 3.79. The van der Waals surface area contributed by atoms with Crippen molar-refractivity contribution in [3.8, 4) is 0 Å². The Hall–Kier alpha value is -2.39. The molecule has 0 unspecified atom stereocenters. The van der Waals surface area contributed by atoms with Crippen LogP contribution in [0.3, 0.4) is 0 Å². The molecule has 1 rings (SSSR count). The number of hydrogen-bond acceptors (Lipinski definition) is 3. The van der Waals surface area contributed by atoms with Gasteiger partial charge in [0.2, 0.25) is 0 Å². The number of aliphatic hydroxyl groups is 1. The second-order valence-electron chi connectivity index (χ2n) is 3.73. The Kier molecular flexibility index (Phi) is 15.6. The Labute approximate surface area is 127 Å². The first-order valence-electron chi connectivity index (χ1n) is 6.37. The first kappa shape index (κ1) is 20.9. The van der Waals surface area contributed by atoms with E-state index in [0.29, 0.717) is 5.57 Å². The molecular formula is C18H24O3. The normalized spacial score (nSPS) is 7.90. The summed E-state index contributed by atoms with van der Waals surface area (Å²) < 4.78 is 4.46. The third-order valence-corrected chi connectivity index (χ3v) is 1.87. The molecule has 0 saturated carbocycles. The monoisotopic (exact) mass is 288 g/mol. The first-order valence-corrected chi connectivity index (χ1v) is 6.37. The van der Waals surface area contributed by atoms with Crippen LogP contribution in [0.25, 0.3) is 6.08 Å². The largest absolute Gasteiger partial charge is 0.460 e. The molecule has 3 nitrogen and oxygen atoms in total. The summed E-state index contributed by atoms with van der Waals surface area (Å²) in [4.78, 5) is 10.5. The van der Waals surface area contributed by atoms with Gasteiger partial charge >= 0.3 is 5.97 Å². The molecule has 0 saturated heterocycles. The third-order valence-electron chi connectivity index (χ3n) is 1.87. The van der Waals surface area contributed by atoms with Gasteiger partial charge in [-0.15, -0.1) is 0 Å². The molecule has 0 aromatic heterocycles. The van der Waals surface area contributed by atoms with E-state index < -0.39 is 5.97 Å². The number of esters is 1. The smallest absolute Gasteiger partial charge is 0.333 e. The minimum Gasteiger partial charge on any atom is -0.460 e. The van der Waals surface area contributed by atoms with Gasteiger partial charge in [-0.25, -0.2) is 4.79 Å². The Morgan fingerprint density at radius 2 is 1.71 bits per heavy atom. The van der Waals surface area contributed by atoms with Gasteiger partial charge in [-0.1, -0.05) is 74.9 Å². The third kappa shape index (κ3) is 15.6. The van der Waals surface area contributed by atoms with Gasteiger partial charge in [-0.2, -0.15) is 0 Å². The minimum absolute atomic E-state index is 0.0473. The Morgan fingerprint density at radius 1 is 1.19 bits per heavy atom. The maximum absolute atomic E-state index is 10.5. The van der Waals surface area contributed by atoms with Crippen LogP contribution in [0.15, 0.2) is 74.4 Å². The molecule has 0 heterocycles. The molecule has 0 amide bonds. The first-order chi connectivity index (χ1) is 10.0. The number of rotatable bonds is 5. The zero-order valence-electron chi connectivity index (χ0n) is 12.6. The van der Waals surface area contributed by atoms with E-state index in [1.54, 1.807) is 19.1 Å². The van der Waals surface area contributed by atoms with Crippen LogP contribution in [0.2, 0.25) is 0 Å². The van der Waals surface area contributed by atoms with Crippen molar-refractivity contribution in [1.82, 2.24) is 0 Å². The van der Waals surface area contributed by atoms with E-state index in [0.717, 1.165) is 0 Å². The molecule has 0 aliphatic rings. The van der Waals surface area contributed by atoms with Crippen molar-refractivity contribution in [2.24, 2.45) is 0 Å². The molecule has 21 heavy (non-hydrogen) atoms. The molecule has 0 bridgehead atoms. The predicted molar refractivity (Wildman–Crippen MR) is 89.8 cm³/mol. The van der Waals surface area contributed by atoms with Crippen molar-refractivity contribution in [2.75, 3.05) is 13.2 Å². The van der Waals surface area contributed by atoms with Gasteiger partial charge in [0.1, 0.15) is 6.61 Å². The van der Waals surface area contributed by atoms with Gasteiger partial charge < -0.3 is 9.84 Å². The number of hydrogen-bond donors (Lipinski definition) is 1. The fourth-order valence-electron chi connectivity index (χ4n) is 0.851. The van der Waals surface area contributed by atoms with Crippen LogP contribution in [0, 0.1) is 0 Å². The summed E-state index contributed by atoms with van der Waals surface area (Å²) in [6.45, 7) is 15.2. The molecule has 0 atom stereocenters. The number of carbonyl (C=O) groups is 1. The molecule has 0 spiro atoms. The summed E-state index contributed by atoms with van der Waals surface area (Å²) in [6.07, 6.45) is 5.11. The Bertz CT molecular complexity index is 427. The molecule has 1 aromatic carbocycles. The Balaban J connectivity index is 0. The molecule has 0 aliphatic carbocycles. The quantitative estimate of drug-likeness (QED) is 0.509. The van der Waals surface area contributed by atoms with Crippen LogP contribution in [-0.4, -0.2) is 24.3 Å². The van der Waals surface area contributed by atoms with E-state index >= 15 is 0 Å². The lowest BCUT2D eigenvalue weighted by atomic mass is 10.2. The highest BCUT2D eigenvalue weighted by Crippen LogP contribution is 1.97. The number of benzene rings is 1. The van der Waals surface area contributed by atoms with Crippen molar-refractivity contribution >= 4 is 12.0 Å². The van der Waals surface area contributed by atoms with Crippen molar-refractivity contribution in [3.63, 3.8) is 0 Å². The van der Waals surface area contributed by atoms with E-state index in [1.165, 1.54) is 5.56 Å². The van der Waals surface area contributed by atoms with Crippen LogP contribution in [-0.2, 0) is 9.53 Å². The molecule has 0 radical (unpaired) electrons. The molecule has 0 fully saturated rings. The molecular weight excluding hydrogens is 264 g/mol. The second kappa shape index (κ2) is 15.7. The molecule has 0 aliphatic heterocycles. The van der Waals surface area contributed by atoms with Crippen LogP contribution >= 0.6 is 0 Å². The number of aliphatic hydroxyl groups excluding tert-OH is 1. The van der Waals surface area contributed by atoms with E-state index in [1.807, 2.05) is 36.4 Å². The summed E-state index contributed by atoms with van der Waals surface area (Å²) >= 11 is 0. The number of ether oxygens (including phenoxy) is 1. The van der Waals surface area contributed by atoms with Gasteiger partial charge in [0.25, 0.3) is 0 Å². The zero-order chi connectivity index (χ0) is 16.5. The Morgan fingerprint density at radius 3 is 2.00 bits per heavy atom. The summed E-state index contributed by atoms with van der Waals surface area (Å²) in [5, 5.41) is 8.19. The van der Waals surface area contributed by atoms with Crippen LogP contribution < -0.4 is 0 Å². The van der Waals surface area contributed by atoms with E-state index in [-0.39, 0.29) is 13.2 Å². The van der Waals surface area contributed by atoms with Gasteiger partial charge in [0.15, 0.2) is 0 Å². The highest BCUT2D eigenvalue weighted by Gasteiger charge is 1.99. The van der Waals surface area contributed by atoms with Crippen LogP contribution in [0.1, 0.15) is 12.5 Å². The topological polar surface area (TPSA) is 46.5 Å². The summed E-state index contributed by atoms with van der Waals surface area (Å²) in [5.41, 5.74) is 1.52. The van der Waals surface area contributed by atoms with Gasteiger partial charge in [-0.3, -0.25) is 0 Å². The summed E-state index contributed by atoms with van der Waals surface area (Å²) in [6, 6.07) is 10.0. The van der Waals surface area contributed by atoms with Gasteiger partial charge in [0.05, 0.1) is 6.61 Å². The van der Waals surface area contributed by atoms with E-state index in [9.17, 15) is 4.79 Å². The minimum atomic E-state index is -0.455. The van der Waals surface area contributed by atoms with E-state index in [4.69, 9.17) is 5.11 Å².